The van der Waals surface area contributed by atoms with Gasteiger partial charge in [0.1, 0.15) is 31.0 Å². The zero-order valence-corrected chi connectivity index (χ0v) is 16.5. The van der Waals surface area contributed by atoms with Crippen LogP contribution < -0.4 is 0 Å². The van der Waals surface area contributed by atoms with Crippen molar-refractivity contribution in [2.75, 3.05) is 13.2 Å². The van der Waals surface area contributed by atoms with Crippen LogP contribution >= 0.6 is 0 Å². The summed E-state index contributed by atoms with van der Waals surface area (Å²) in [6.07, 6.45) is 15.6. The van der Waals surface area contributed by atoms with Crippen LogP contribution in [0, 0.1) is 0 Å². The van der Waals surface area contributed by atoms with E-state index in [1.807, 2.05) is 6.08 Å². The molecule has 0 aromatic rings. The molecule has 0 radical (unpaired) electrons. The second-order valence-electron chi connectivity index (χ2n) is 7.45. The molecule has 0 aromatic heterocycles. The largest absolute Gasteiger partial charge is 0.499 e. The van der Waals surface area contributed by atoms with E-state index in [9.17, 15) is 15.3 Å². The summed E-state index contributed by atoms with van der Waals surface area (Å²) in [5.74, 6) is 0. The van der Waals surface area contributed by atoms with Crippen molar-refractivity contribution in [2.24, 2.45) is 0 Å². The summed E-state index contributed by atoms with van der Waals surface area (Å²) in [5.41, 5.74) is 0. The Morgan fingerprint density at radius 3 is 2.08 bits per heavy atom. The first-order valence-corrected chi connectivity index (χ1v) is 10.6. The molecule has 1 aliphatic rings. The summed E-state index contributed by atoms with van der Waals surface area (Å²) in [7, 11) is 0. The molecule has 1 rings (SSSR count). The van der Waals surface area contributed by atoms with Gasteiger partial charge in [0.2, 0.25) is 0 Å². The first-order chi connectivity index (χ1) is 12.7. The standard InChI is InChI=1S/C21H40O5/c1-2-3-4-5-6-7-8-9-10-11-12-13-14-15-25-16-19(23)21-20(24)18(22)17-26-21/h14-15,18-24H,2-13,16-17H2,1H3/b15-14+/t18-,19+,20-,21-/m0/s1. The summed E-state index contributed by atoms with van der Waals surface area (Å²) in [6.45, 7) is 2.37. The van der Waals surface area contributed by atoms with E-state index in [0.29, 0.717) is 0 Å². The third kappa shape index (κ3) is 10.5. The number of rotatable bonds is 16. The average molecular weight is 373 g/mol. The van der Waals surface area contributed by atoms with Crippen molar-refractivity contribution in [1.82, 2.24) is 0 Å². The predicted octanol–water partition coefficient (Wildman–Crippen LogP) is 3.70. The van der Waals surface area contributed by atoms with E-state index in [0.717, 1.165) is 12.8 Å². The van der Waals surface area contributed by atoms with Crippen molar-refractivity contribution in [2.45, 2.75) is 108 Å². The van der Waals surface area contributed by atoms with E-state index >= 15 is 0 Å². The first kappa shape index (κ1) is 23.4. The summed E-state index contributed by atoms with van der Waals surface area (Å²) >= 11 is 0. The van der Waals surface area contributed by atoms with Crippen LogP contribution in [0.25, 0.3) is 0 Å². The maximum atomic E-state index is 9.89. The highest BCUT2D eigenvalue weighted by molar-refractivity contribution is 4.88. The number of aliphatic hydroxyl groups excluding tert-OH is 3. The third-order valence-corrected chi connectivity index (χ3v) is 5.00. The van der Waals surface area contributed by atoms with Crippen molar-refractivity contribution in [1.29, 1.82) is 0 Å². The zero-order valence-electron chi connectivity index (χ0n) is 16.5. The van der Waals surface area contributed by atoms with Gasteiger partial charge in [0, 0.05) is 0 Å². The quantitative estimate of drug-likeness (QED) is 0.284. The molecule has 1 fully saturated rings. The molecule has 154 valence electrons. The Bertz CT molecular complexity index is 347. The fraction of sp³-hybridized carbons (Fsp3) is 0.905. The monoisotopic (exact) mass is 372 g/mol. The van der Waals surface area contributed by atoms with Crippen molar-refractivity contribution >= 4 is 0 Å². The van der Waals surface area contributed by atoms with Crippen LogP contribution in [0.3, 0.4) is 0 Å². The van der Waals surface area contributed by atoms with Gasteiger partial charge < -0.3 is 24.8 Å². The number of unbranched alkanes of at least 4 members (excludes halogenated alkanes) is 11. The van der Waals surface area contributed by atoms with Gasteiger partial charge in [-0.25, -0.2) is 0 Å². The van der Waals surface area contributed by atoms with Crippen LogP contribution in [-0.4, -0.2) is 52.9 Å². The second kappa shape index (κ2) is 15.4. The SMILES string of the molecule is CCCCCCCCCCCCC/C=C/OC[C@@H](O)[C@@H]1OC[C@H](O)[C@@H]1O. The second-order valence-corrected chi connectivity index (χ2v) is 7.45. The normalized spacial score (nSPS) is 24.4. The molecule has 5 nitrogen and oxygen atoms in total. The van der Waals surface area contributed by atoms with Crippen LogP contribution in [0.1, 0.15) is 84.0 Å². The number of ether oxygens (including phenoxy) is 2. The fourth-order valence-corrected chi connectivity index (χ4v) is 3.28. The van der Waals surface area contributed by atoms with Crippen LogP contribution in [0.4, 0.5) is 0 Å². The van der Waals surface area contributed by atoms with Gasteiger partial charge in [-0.3, -0.25) is 0 Å². The molecule has 0 unspecified atom stereocenters. The molecule has 0 bridgehead atoms. The van der Waals surface area contributed by atoms with Gasteiger partial charge in [0.25, 0.3) is 0 Å². The van der Waals surface area contributed by atoms with Crippen LogP contribution in [0.2, 0.25) is 0 Å². The van der Waals surface area contributed by atoms with Gasteiger partial charge in [-0.05, 0) is 18.9 Å². The molecule has 0 spiro atoms. The molecule has 0 aromatic carbocycles. The first-order valence-electron chi connectivity index (χ1n) is 10.6. The Kier molecular flexibility index (Phi) is 13.9. The Labute approximate surface area is 159 Å². The van der Waals surface area contributed by atoms with Gasteiger partial charge in [0.15, 0.2) is 0 Å². The van der Waals surface area contributed by atoms with E-state index in [4.69, 9.17) is 9.47 Å². The van der Waals surface area contributed by atoms with E-state index in [2.05, 4.69) is 6.92 Å². The molecular weight excluding hydrogens is 332 g/mol. The van der Waals surface area contributed by atoms with Crippen LogP contribution in [0.5, 0.6) is 0 Å². The minimum atomic E-state index is -1.05. The van der Waals surface area contributed by atoms with Gasteiger partial charge in [-0.15, -0.1) is 0 Å². The van der Waals surface area contributed by atoms with Crippen LogP contribution in [0.15, 0.2) is 12.3 Å². The van der Waals surface area contributed by atoms with Crippen molar-refractivity contribution in [3.8, 4) is 0 Å². The zero-order chi connectivity index (χ0) is 19.0. The molecular formula is C21H40O5. The van der Waals surface area contributed by atoms with Crippen LogP contribution in [-0.2, 0) is 9.47 Å². The minimum Gasteiger partial charge on any atom is -0.499 e. The van der Waals surface area contributed by atoms with Gasteiger partial charge in [0.05, 0.1) is 12.9 Å². The molecule has 4 atom stereocenters. The average Bonchev–Trinajstić information content (AvgIpc) is 2.97. The summed E-state index contributed by atoms with van der Waals surface area (Å²) < 4.78 is 10.4. The highest BCUT2D eigenvalue weighted by Gasteiger charge is 2.39. The molecule has 26 heavy (non-hydrogen) atoms. The fourth-order valence-electron chi connectivity index (χ4n) is 3.28. The van der Waals surface area contributed by atoms with E-state index < -0.39 is 24.4 Å². The van der Waals surface area contributed by atoms with Crippen molar-refractivity contribution in [3.05, 3.63) is 12.3 Å². The van der Waals surface area contributed by atoms with E-state index in [1.54, 1.807) is 6.26 Å². The smallest absolute Gasteiger partial charge is 0.117 e. The highest BCUT2D eigenvalue weighted by Crippen LogP contribution is 2.18. The lowest BCUT2D eigenvalue weighted by molar-refractivity contribution is -0.0703. The molecule has 1 aliphatic heterocycles. The maximum Gasteiger partial charge on any atom is 0.117 e. The third-order valence-electron chi connectivity index (χ3n) is 5.00. The van der Waals surface area contributed by atoms with Gasteiger partial charge in [-0.2, -0.15) is 0 Å². The lowest BCUT2D eigenvalue weighted by atomic mass is 10.1. The minimum absolute atomic E-state index is 0.0532. The maximum absolute atomic E-state index is 9.89. The Morgan fingerprint density at radius 2 is 1.54 bits per heavy atom. The number of aliphatic hydroxyl groups is 3. The predicted molar refractivity (Wildman–Crippen MR) is 104 cm³/mol. The molecule has 1 heterocycles. The summed E-state index contributed by atoms with van der Waals surface area (Å²) in [4.78, 5) is 0. The van der Waals surface area contributed by atoms with E-state index in [1.165, 1.54) is 64.2 Å². The Hall–Kier alpha value is -0.620. The lowest BCUT2D eigenvalue weighted by Gasteiger charge is -2.20. The summed E-state index contributed by atoms with van der Waals surface area (Å²) in [5, 5.41) is 28.9. The number of hydrogen-bond donors (Lipinski definition) is 3. The molecule has 0 amide bonds. The topological polar surface area (TPSA) is 79.2 Å². The molecule has 0 saturated carbocycles. The summed E-state index contributed by atoms with van der Waals surface area (Å²) in [6, 6.07) is 0. The number of allylic oxidation sites excluding steroid dienone is 1. The van der Waals surface area contributed by atoms with Crippen molar-refractivity contribution < 1.29 is 24.8 Å². The number of hydrogen-bond acceptors (Lipinski definition) is 5. The van der Waals surface area contributed by atoms with E-state index in [-0.39, 0.29) is 13.2 Å². The highest BCUT2D eigenvalue weighted by atomic mass is 16.5. The Morgan fingerprint density at radius 1 is 0.962 bits per heavy atom. The van der Waals surface area contributed by atoms with Gasteiger partial charge in [-0.1, -0.05) is 71.1 Å². The molecule has 1 saturated heterocycles. The molecule has 0 aliphatic carbocycles. The lowest BCUT2D eigenvalue weighted by Crippen LogP contribution is -2.40. The molecule has 5 heteroatoms. The Balaban J connectivity index is 1.85. The van der Waals surface area contributed by atoms with Gasteiger partial charge >= 0.3 is 0 Å². The molecule has 3 N–H and O–H groups in total. The van der Waals surface area contributed by atoms with Crippen molar-refractivity contribution in [3.63, 3.8) is 0 Å².